The Morgan fingerprint density at radius 3 is 2.72 bits per heavy atom. The van der Waals surface area contributed by atoms with Crippen molar-refractivity contribution in [3.8, 4) is 0 Å². The highest BCUT2D eigenvalue weighted by Crippen LogP contribution is 2.30. The molecule has 0 aliphatic heterocycles. The average Bonchev–Trinajstić information content (AvgIpc) is 3.10. The molecule has 0 amide bonds. The molecule has 2 aliphatic rings. The van der Waals surface area contributed by atoms with Gasteiger partial charge in [-0.25, -0.2) is 4.68 Å². The van der Waals surface area contributed by atoms with Crippen molar-refractivity contribution in [1.29, 1.82) is 0 Å². The molecule has 1 aromatic rings. The zero-order valence-electron chi connectivity index (χ0n) is 10.4. The summed E-state index contributed by atoms with van der Waals surface area (Å²) in [5.41, 5.74) is 0.819. The Kier molecular flexibility index (Phi) is 3.41. The van der Waals surface area contributed by atoms with E-state index in [1.165, 1.54) is 32.1 Å². The lowest BCUT2D eigenvalue weighted by Crippen LogP contribution is -2.27. The Hall–Kier alpha value is -0.840. The molecule has 5 heteroatoms. The molecular weight excluding hydrogens is 294 g/mol. The van der Waals surface area contributed by atoms with Crippen LogP contribution in [0.5, 0.6) is 0 Å². The van der Waals surface area contributed by atoms with Crippen LogP contribution < -0.4 is 10.9 Å². The van der Waals surface area contributed by atoms with Crippen LogP contribution in [0.1, 0.15) is 32.1 Å². The summed E-state index contributed by atoms with van der Waals surface area (Å²) in [5, 5.41) is 7.58. The smallest absolute Gasteiger partial charge is 0.283 e. The van der Waals surface area contributed by atoms with Gasteiger partial charge < -0.3 is 5.32 Å². The van der Waals surface area contributed by atoms with Crippen LogP contribution in [0.3, 0.4) is 0 Å². The van der Waals surface area contributed by atoms with Crippen LogP contribution >= 0.6 is 15.9 Å². The standard InChI is InChI=1S/C13H18BrN3O/c14-12-11(15-6-9-2-1-3-9)7-16-17(13(12)18)8-10-4-5-10/h7,9-10,15H,1-6,8H2. The van der Waals surface area contributed by atoms with Crippen LogP contribution in [0.25, 0.3) is 0 Å². The second-order valence-corrected chi connectivity index (χ2v) is 6.27. The van der Waals surface area contributed by atoms with E-state index in [9.17, 15) is 4.79 Å². The predicted molar refractivity (Wildman–Crippen MR) is 74.8 cm³/mol. The first-order valence-electron chi connectivity index (χ1n) is 6.73. The first-order valence-corrected chi connectivity index (χ1v) is 7.53. The monoisotopic (exact) mass is 311 g/mol. The van der Waals surface area contributed by atoms with E-state index in [1.807, 2.05) is 0 Å². The molecule has 3 rings (SSSR count). The number of nitrogens with one attached hydrogen (secondary N) is 1. The SMILES string of the molecule is O=c1c(Br)c(NCC2CCC2)cnn1CC1CC1. The van der Waals surface area contributed by atoms with Crippen LogP contribution in [0.15, 0.2) is 15.5 Å². The Bertz CT molecular complexity index is 491. The second kappa shape index (κ2) is 5.03. The molecule has 0 spiro atoms. The number of anilines is 1. The van der Waals surface area contributed by atoms with Gasteiger partial charge in [-0.1, -0.05) is 6.42 Å². The van der Waals surface area contributed by atoms with E-state index >= 15 is 0 Å². The highest BCUT2D eigenvalue weighted by molar-refractivity contribution is 9.10. The number of hydrogen-bond donors (Lipinski definition) is 1. The molecule has 1 N–H and O–H groups in total. The lowest BCUT2D eigenvalue weighted by atomic mass is 9.85. The fraction of sp³-hybridized carbons (Fsp3) is 0.692. The van der Waals surface area contributed by atoms with Gasteiger partial charge in [-0.3, -0.25) is 4.79 Å². The van der Waals surface area contributed by atoms with Gasteiger partial charge in [0.2, 0.25) is 0 Å². The van der Waals surface area contributed by atoms with Crippen LogP contribution in [0.2, 0.25) is 0 Å². The first-order chi connectivity index (χ1) is 8.74. The molecule has 0 radical (unpaired) electrons. The molecule has 98 valence electrons. The normalized spacial score (nSPS) is 19.6. The van der Waals surface area contributed by atoms with E-state index in [4.69, 9.17) is 0 Å². The summed E-state index contributed by atoms with van der Waals surface area (Å²) in [4.78, 5) is 12.1. The minimum atomic E-state index is -0.0134. The number of hydrogen-bond acceptors (Lipinski definition) is 3. The van der Waals surface area contributed by atoms with Crippen LogP contribution in [-0.4, -0.2) is 16.3 Å². The molecule has 0 aromatic carbocycles. The molecule has 0 atom stereocenters. The first kappa shape index (κ1) is 12.2. The average molecular weight is 312 g/mol. The number of aromatic nitrogens is 2. The van der Waals surface area contributed by atoms with Crippen LogP contribution in [-0.2, 0) is 6.54 Å². The number of rotatable bonds is 5. The Balaban J connectivity index is 1.69. The third kappa shape index (κ3) is 2.60. The quantitative estimate of drug-likeness (QED) is 0.909. The molecule has 2 aliphatic carbocycles. The van der Waals surface area contributed by atoms with E-state index in [1.54, 1.807) is 10.9 Å². The van der Waals surface area contributed by atoms with E-state index in [0.717, 1.165) is 24.7 Å². The lowest BCUT2D eigenvalue weighted by molar-refractivity contribution is 0.333. The molecular formula is C13H18BrN3O. The van der Waals surface area contributed by atoms with Crippen molar-refractivity contribution in [3.63, 3.8) is 0 Å². The van der Waals surface area contributed by atoms with Crippen molar-refractivity contribution in [2.24, 2.45) is 11.8 Å². The molecule has 0 unspecified atom stereocenters. The summed E-state index contributed by atoms with van der Waals surface area (Å²) in [6.07, 6.45) is 8.18. The number of halogens is 1. The van der Waals surface area contributed by atoms with Crippen LogP contribution in [0, 0.1) is 11.8 Å². The highest BCUT2D eigenvalue weighted by Gasteiger charge is 2.23. The van der Waals surface area contributed by atoms with Crippen LogP contribution in [0.4, 0.5) is 5.69 Å². The zero-order valence-corrected chi connectivity index (χ0v) is 11.9. The molecule has 4 nitrogen and oxygen atoms in total. The Labute approximate surface area is 115 Å². The highest BCUT2D eigenvalue weighted by atomic mass is 79.9. The summed E-state index contributed by atoms with van der Waals surface area (Å²) in [5.74, 6) is 1.43. The van der Waals surface area contributed by atoms with E-state index < -0.39 is 0 Å². The van der Waals surface area contributed by atoms with Gasteiger partial charge in [-0.2, -0.15) is 5.10 Å². The molecule has 0 bridgehead atoms. The van der Waals surface area contributed by atoms with Crippen molar-refractivity contribution in [3.05, 3.63) is 21.0 Å². The fourth-order valence-electron chi connectivity index (χ4n) is 2.21. The zero-order chi connectivity index (χ0) is 12.5. The van der Waals surface area contributed by atoms with Gasteiger partial charge in [0.15, 0.2) is 0 Å². The number of nitrogens with zero attached hydrogens (tertiary/aromatic N) is 2. The third-order valence-corrected chi connectivity index (χ3v) is 4.69. The predicted octanol–water partition coefficient (Wildman–Crippen LogP) is 2.63. The van der Waals surface area contributed by atoms with Crippen molar-refractivity contribution >= 4 is 21.6 Å². The van der Waals surface area contributed by atoms with E-state index in [0.29, 0.717) is 10.4 Å². The Morgan fingerprint density at radius 1 is 1.33 bits per heavy atom. The lowest BCUT2D eigenvalue weighted by Gasteiger charge is -2.26. The summed E-state index contributed by atoms with van der Waals surface area (Å²) in [6, 6.07) is 0. The maximum absolute atomic E-state index is 12.1. The largest absolute Gasteiger partial charge is 0.382 e. The Morgan fingerprint density at radius 2 is 2.11 bits per heavy atom. The van der Waals surface area contributed by atoms with E-state index in [2.05, 4.69) is 26.3 Å². The molecule has 1 heterocycles. The van der Waals surface area contributed by atoms with Gasteiger partial charge >= 0.3 is 0 Å². The van der Waals surface area contributed by atoms with E-state index in [-0.39, 0.29) is 5.56 Å². The van der Waals surface area contributed by atoms with Gasteiger partial charge in [0.05, 0.1) is 11.9 Å². The molecule has 1 aromatic heterocycles. The molecule has 18 heavy (non-hydrogen) atoms. The fourth-order valence-corrected chi connectivity index (χ4v) is 2.66. The maximum atomic E-state index is 12.1. The van der Waals surface area contributed by atoms with Crippen molar-refractivity contribution in [1.82, 2.24) is 9.78 Å². The minimum absolute atomic E-state index is 0.0134. The van der Waals surface area contributed by atoms with Crippen molar-refractivity contribution in [2.75, 3.05) is 11.9 Å². The topological polar surface area (TPSA) is 46.9 Å². The summed E-state index contributed by atoms with van der Waals surface area (Å²) < 4.78 is 2.20. The van der Waals surface area contributed by atoms with Gasteiger partial charge in [-0.15, -0.1) is 0 Å². The van der Waals surface area contributed by atoms with Crippen molar-refractivity contribution in [2.45, 2.75) is 38.6 Å². The maximum Gasteiger partial charge on any atom is 0.283 e. The summed E-state index contributed by atoms with van der Waals surface area (Å²) in [7, 11) is 0. The van der Waals surface area contributed by atoms with Gasteiger partial charge in [0.25, 0.3) is 5.56 Å². The summed E-state index contributed by atoms with van der Waals surface area (Å²) in [6.45, 7) is 1.71. The molecule has 0 saturated heterocycles. The van der Waals surface area contributed by atoms with Crippen molar-refractivity contribution < 1.29 is 0 Å². The minimum Gasteiger partial charge on any atom is -0.382 e. The summed E-state index contributed by atoms with van der Waals surface area (Å²) >= 11 is 3.40. The third-order valence-electron chi connectivity index (χ3n) is 3.92. The molecule has 2 saturated carbocycles. The van der Waals surface area contributed by atoms with Gasteiger partial charge in [-0.05, 0) is 53.4 Å². The second-order valence-electron chi connectivity index (χ2n) is 5.48. The van der Waals surface area contributed by atoms with Gasteiger partial charge in [0.1, 0.15) is 4.47 Å². The molecule has 2 fully saturated rings. The van der Waals surface area contributed by atoms with Gasteiger partial charge in [0, 0.05) is 13.1 Å².